The lowest BCUT2D eigenvalue weighted by Gasteiger charge is -2.57. The molecule has 4 aliphatic carbocycles. The molecule has 1 unspecified atom stereocenters. The van der Waals surface area contributed by atoms with Crippen molar-refractivity contribution >= 4 is 11.8 Å². The molecule has 1 atom stereocenters. The van der Waals surface area contributed by atoms with Gasteiger partial charge in [-0.1, -0.05) is 13.8 Å². The number of hydrogen-bond acceptors (Lipinski definition) is 2. The van der Waals surface area contributed by atoms with Crippen LogP contribution in [0.1, 0.15) is 71.6 Å². The van der Waals surface area contributed by atoms with E-state index in [9.17, 15) is 9.59 Å². The van der Waals surface area contributed by atoms with Crippen LogP contribution in [0.5, 0.6) is 0 Å². The van der Waals surface area contributed by atoms with E-state index in [1.165, 1.54) is 38.5 Å². The predicted molar refractivity (Wildman–Crippen MR) is 93.2 cm³/mol. The largest absolute Gasteiger partial charge is 0.350 e. The summed E-state index contributed by atoms with van der Waals surface area (Å²) in [6, 6.07) is 0.301. The molecule has 0 aromatic rings. The van der Waals surface area contributed by atoms with Gasteiger partial charge in [-0.05, 0) is 69.1 Å². The van der Waals surface area contributed by atoms with E-state index < -0.39 is 0 Å². The first-order valence-corrected chi connectivity index (χ1v) is 10.1. The van der Waals surface area contributed by atoms with Gasteiger partial charge in [0, 0.05) is 24.5 Å². The maximum atomic E-state index is 12.9. The Morgan fingerprint density at radius 2 is 1.67 bits per heavy atom. The maximum Gasteiger partial charge on any atom is 0.225 e. The fourth-order valence-electron chi connectivity index (χ4n) is 6.62. The Morgan fingerprint density at radius 1 is 1.12 bits per heavy atom. The molecule has 1 N–H and O–H groups in total. The van der Waals surface area contributed by atoms with E-state index in [1.807, 2.05) is 4.90 Å². The Kier molecular flexibility index (Phi) is 4.12. The molecule has 0 spiro atoms. The zero-order valence-electron chi connectivity index (χ0n) is 15.2. The molecule has 1 aliphatic heterocycles. The first-order valence-electron chi connectivity index (χ1n) is 10.1. The second-order valence-electron chi connectivity index (χ2n) is 9.10. The average molecular weight is 332 g/mol. The number of carbonyl (C=O) groups is 2. The van der Waals surface area contributed by atoms with Crippen molar-refractivity contribution in [3.63, 3.8) is 0 Å². The highest BCUT2D eigenvalue weighted by molar-refractivity contribution is 5.89. The SMILES string of the molecule is CCC(CC)N1CC(C(=O)NC23CC4CC(CC(C4)C2)C3)CC1=O. The van der Waals surface area contributed by atoms with Gasteiger partial charge in [-0.3, -0.25) is 9.59 Å². The molecule has 1 heterocycles. The zero-order chi connectivity index (χ0) is 16.9. The van der Waals surface area contributed by atoms with Gasteiger partial charge < -0.3 is 10.2 Å². The van der Waals surface area contributed by atoms with Crippen LogP contribution in [-0.2, 0) is 9.59 Å². The Labute approximate surface area is 145 Å². The maximum absolute atomic E-state index is 12.9. The molecule has 24 heavy (non-hydrogen) atoms. The molecule has 5 rings (SSSR count). The monoisotopic (exact) mass is 332 g/mol. The quantitative estimate of drug-likeness (QED) is 0.841. The standard InChI is InChI=1S/C20H32N2O2/c1-3-17(4-2)22-12-16(8-18(22)23)19(24)21-20-9-13-5-14(10-20)7-15(6-13)11-20/h13-17H,3-12H2,1-2H3,(H,21,24). The number of carbonyl (C=O) groups excluding carboxylic acids is 2. The van der Waals surface area contributed by atoms with Crippen LogP contribution in [-0.4, -0.2) is 34.8 Å². The number of amides is 2. The van der Waals surface area contributed by atoms with Crippen LogP contribution in [0.3, 0.4) is 0 Å². The van der Waals surface area contributed by atoms with Crippen LogP contribution in [0.4, 0.5) is 0 Å². The summed E-state index contributed by atoms with van der Waals surface area (Å²) in [5, 5.41) is 3.46. The third kappa shape index (κ3) is 2.76. The lowest BCUT2D eigenvalue weighted by molar-refractivity contribution is -0.132. The van der Waals surface area contributed by atoms with E-state index in [1.54, 1.807) is 0 Å². The summed E-state index contributed by atoms with van der Waals surface area (Å²) in [6.45, 7) is 4.89. The Morgan fingerprint density at radius 3 is 2.17 bits per heavy atom. The fraction of sp³-hybridized carbons (Fsp3) is 0.900. The van der Waals surface area contributed by atoms with E-state index in [2.05, 4.69) is 19.2 Å². The summed E-state index contributed by atoms with van der Waals surface area (Å²) in [5.41, 5.74) is 0.0667. The predicted octanol–water partition coefficient (Wildman–Crippen LogP) is 3.11. The van der Waals surface area contributed by atoms with Crippen molar-refractivity contribution in [2.45, 2.75) is 83.2 Å². The minimum Gasteiger partial charge on any atom is -0.350 e. The summed E-state index contributed by atoms with van der Waals surface area (Å²) in [6.07, 6.45) is 10.1. The fourth-order valence-corrected chi connectivity index (χ4v) is 6.62. The van der Waals surface area contributed by atoms with Crippen LogP contribution >= 0.6 is 0 Å². The molecule has 5 fully saturated rings. The van der Waals surface area contributed by atoms with Gasteiger partial charge in [-0.2, -0.15) is 0 Å². The van der Waals surface area contributed by atoms with Crippen molar-refractivity contribution < 1.29 is 9.59 Å². The van der Waals surface area contributed by atoms with Gasteiger partial charge >= 0.3 is 0 Å². The third-order valence-corrected chi connectivity index (χ3v) is 7.34. The molecule has 1 saturated heterocycles. The number of rotatable bonds is 5. The Bertz CT molecular complexity index is 490. The highest BCUT2D eigenvalue weighted by Crippen LogP contribution is 2.55. The van der Waals surface area contributed by atoms with Gasteiger partial charge in [0.05, 0.1) is 5.92 Å². The zero-order valence-corrected chi connectivity index (χ0v) is 15.2. The number of hydrogen-bond donors (Lipinski definition) is 1. The minimum absolute atomic E-state index is 0.0667. The van der Waals surface area contributed by atoms with Crippen LogP contribution in [0.25, 0.3) is 0 Å². The van der Waals surface area contributed by atoms with Gasteiger partial charge in [0.15, 0.2) is 0 Å². The number of nitrogens with zero attached hydrogens (tertiary/aromatic N) is 1. The summed E-state index contributed by atoms with van der Waals surface area (Å²) in [4.78, 5) is 27.3. The first kappa shape index (κ1) is 16.4. The van der Waals surface area contributed by atoms with Gasteiger partial charge in [0.25, 0.3) is 0 Å². The number of likely N-dealkylation sites (tertiary alicyclic amines) is 1. The van der Waals surface area contributed by atoms with Crippen LogP contribution in [0.2, 0.25) is 0 Å². The van der Waals surface area contributed by atoms with Crippen molar-refractivity contribution in [3.05, 3.63) is 0 Å². The molecule has 2 amide bonds. The number of nitrogens with one attached hydrogen (secondary N) is 1. The Balaban J connectivity index is 1.41. The van der Waals surface area contributed by atoms with Crippen LogP contribution < -0.4 is 5.32 Å². The topological polar surface area (TPSA) is 49.4 Å². The second-order valence-corrected chi connectivity index (χ2v) is 9.10. The molecule has 134 valence electrons. The highest BCUT2D eigenvalue weighted by atomic mass is 16.2. The smallest absolute Gasteiger partial charge is 0.225 e. The molecule has 4 bridgehead atoms. The summed E-state index contributed by atoms with van der Waals surface area (Å²) in [5.74, 6) is 2.70. The van der Waals surface area contributed by atoms with Gasteiger partial charge in [-0.15, -0.1) is 0 Å². The van der Waals surface area contributed by atoms with Crippen molar-refractivity contribution in [3.8, 4) is 0 Å². The molecule has 4 heteroatoms. The third-order valence-electron chi connectivity index (χ3n) is 7.34. The van der Waals surface area contributed by atoms with Crippen molar-refractivity contribution in [2.75, 3.05) is 6.54 Å². The molecule has 4 nitrogen and oxygen atoms in total. The van der Waals surface area contributed by atoms with E-state index in [4.69, 9.17) is 0 Å². The minimum atomic E-state index is -0.133. The normalized spacial score (nSPS) is 40.6. The molecular weight excluding hydrogens is 300 g/mol. The van der Waals surface area contributed by atoms with Crippen LogP contribution in [0, 0.1) is 23.7 Å². The van der Waals surface area contributed by atoms with Crippen molar-refractivity contribution in [2.24, 2.45) is 23.7 Å². The summed E-state index contributed by atoms with van der Waals surface area (Å²) < 4.78 is 0. The first-order chi connectivity index (χ1) is 11.5. The summed E-state index contributed by atoms with van der Waals surface area (Å²) >= 11 is 0. The molecule has 0 aromatic heterocycles. The molecule has 0 radical (unpaired) electrons. The van der Waals surface area contributed by atoms with Gasteiger partial charge in [0.1, 0.15) is 0 Å². The van der Waals surface area contributed by atoms with E-state index in [0.29, 0.717) is 19.0 Å². The molecule has 5 aliphatic rings. The second kappa shape index (κ2) is 6.03. The van der Waals surface area contributed by atoms with Crippen LogP contribution in [0.15, 0.2) is 0 Å². The molecule has 4 saturated carbocycles. The summed E-state index contributed by atoms with van der Waals surface area (Å²) in [7, 11) is 0. The van der Waals surface area contributed by atoms with E-state index in [-0.39, 0.29) is 23.3 Å². The van der Waals surface area contributed by atoms with Gasteiger partial charge in [0.2, 0.25) is 11.8 Å². The van der Waals surface area contributed by atoms with Crippen molar-refractivity contribution in [1.82, 2.24) is 10.2 Å². The lowest BCUT2D eigenvalue weighted by Crippen LogP contribution is -2.60. The highest BCUT2D eigenvalue weighted by Gasteiger charge is 2.52. The van der Waals surface area contributed by atoms with Gasteiger partial charge in [-0.25, -0.2) is 0 Å². The average Bonchev–Trinajstić information content (AvgIpc) is 2.89. The lowest BCUT2D eigenvalue weighted by atomic mass is 9.53. The molecular formula is C20H32N2O2. The van der Waals surface area contributed by atoms with E-state index >= 15 is 0 Å². The molecule has 0 aromatic carbocycles. The van der Waals surface area contributed by atoms with Crippen molar-refractivity contribution in [1.29, 1.82) is 0 Å². The Hall–Kier alpha value is -1.06. The van der Waals surface area contributed by atoms with E-state index in [0.717, 1.165) is 30.6 Å².